The van der Waals surface area contributed by atoms with Gasteiger partial charge in [0.25, 0.3) is 0 Å². The van der Waals surface area contributed by atoms with Crippen molar-refractivity contribution in [1.82, 2.24) is 9.97 Å². The van der Waals surface area contributed by atoms with E-state index in [1.165, 1.54) is 6.33 Å². The molecule has 0 aromatic carbocycles. The highest BCUT2D eigenvalue weighted by molar-refractivity contribution is 5.50. The van der Waals surface area contributed by atoms with Gasteiger partial charge in [-0.3, -0.25) is 0 Å². The lowest BCUT2D eigenvalue weighted by molar-refractivity contribution is -0.136. The predicted octanol–water partition coefficient (Wildman–Crippen LogP) is 3.36. The maximum absolute atomic E-state index is 12.0. The van der Waals surface area contributed by atoms with Crippen LogP contribution < -0.4 is 10.1 Å². The summed E-state index contributed by atoms with van der Waals surface area (Å²) >= 11 is 0. The monoisotopic (exact) mass is 277 g/mol. The van der Waals surface area contributed by atoms with Gasteiger partial charge in [-0.05, 0) is 12.3 Å². The highest BCUT2D eigenvalue weighted by Crippen LogP contribution is 2.30. The van der Waals surface area contributed by atoms with Crippen LogP contribution in [0.5, 0.6) is 5.88 Å². The standard InChI is InChI=1S/C12H18F3N3O/c1-8(2)9-10(16-3)17-7-18-11(9)19-6-4-5-12(13,14)15/h7-8H,4-6H2,1-3H3,(H,16,17,18). The van der Waals surface area contributed by atoms with E-state index in [1.54, 1.807) is 7.05 Å². The average Bonchev–Trinajstić information content (AvgIpc) is 2.32. The Morgan fingerprint density at radius 1 is 1.32 bits per heavy atom. The minimum Gasteiger partial charge on any atom is -0.477 e. The third-order valence-corrected chi connectivity index (χ3v) is 2.50. The van der Waals surface area contributed by atoms with Crippen LogP contribution in [0.25, 0.3) is 0 Å². The fraction of sp³-hybridized carbons (Fsp3) is 0.667. The van der Waals surface area contributed by atoms with E-state index in [-0.39, 0.29) is 18.9 Å². The summed E-state index contributed by atoms with van der Waals surface area (Å²) in [6, 6.07) is 0. The molecule has 0 atom stereocenters. The molecule has 0 saturated heterocycles. The molecule has 0 fully saturated rings. The van der Waals surface area contributed by atoms with E-state index in [9.17, 15) is 13.2 Å². The van der Waals surface area contributed by atoms with Gasteiger partial charge in [0.1, 0.15) is 12.1 Å². The van der Waals surface area contributed by atoms with Gasteiger partial charge in [-0.2, -0.15) is 13.2 Å². The largest absolute Gasteiger partial charge is 0.477 e. The van der Waals surface area contributed by atoms with Gasteiger partial charge in [-0.25, -0.2) is 9.97 Å². The van der Waals surface area contributed by atoms with Crippen LogP contribution in [0.4, 0.5) is 19.0 Å². The SMILES string of the molecule is CNc1ncnc(OCCCC(F)(F)F)c1C(C)C. The summed E-state index contributed by atoms with van der Waals surface area (Å²) in [5.41, 5.74) is 0.775. The van der Waals surface area contributed by atoms with Gasteiger partial charge >= 0.3 is 6.18 Å². The summed E-state index contributed by atoms with van der Waals surface area (Å²) in [6.07, 6.45) is -3.75. The molecule has 19 heavy (non-hydrogen) atoms. The lowest BCUT2D eigenvalue weighted by Crippen LogP contribution is -2.12. The van der Waals surface area contributed by atoms with Crippen molar-refractivity contribution in [2.24, 2.45) is 0 Å². The first-order valence-electron chi connectivity index (χ1n) is 6.07. The predicted molar refractivity (Wildman–Crippen MR) is 66.5 cm³/mol. The number of nitrogens with zero attached hydrogens (tertiary/aromatic N) is 2. The first kappa shape index (κ1) is 15.5. The van der Waals surface area contributed by atoms with Gasteiger partial charge in [-0.1, -0.05) is 13.8 Å². The summed E-state index contributed by atoms with van der Waals surface area (Å²) in [5.74, 6) is 1.09. The third kappa shape index (κ3) is 4.92. The molecular weight excluding hydrogens is 259 g/mol. The molecule has 0 bridgehead atoms. The molecule has 7 heteroatoms. The van der Waals surface area contributed by atoms with Gasteiger partial charge in [-0.15, -0.1) is 0 Å². The second-order valence-corrected chi connectivity index (χ2v) is 4.41. The van der Waals surface area contributed by atoms with Crippen molar-refractivity contribution >= 4 is 5.82 Å². The molecular formula is C12H18F3N3O. The molecule has 1 aromatic rings. The molecule has 0 aliphatic rings. The number of halogens is 3. The summed E-state index contributed by atoms with van der Waals surface area (Å²) < 4.78 is 41.4. The molecule has 0 unspecified atom stereocenters. The van der Waals surface area contributed by atoms with Gasteiger partial charge in [0.05, 0.1) is 12.2 Å². The fourth-order valence-corrected chi connectivity index (χ4v) is 1.66. The first-order chi connectivity index (χ1) is 8.85. The van der Waals surface area contributed by atoms with E-state index >= 15 is 0 Å². The van der Waals surface area contributed by atoms with Crippen molar-refractivity contribution in [3.05, 3.63) is 11.9 Å². The van der Waals surface area contributed by atoms with Crippen molar-refractivity contribution in [2.45, 2.75) is 38.8 Å². The zero-order chi connectivity index (χ0) is 14.5. The van der Waals surface area contributed by atoms with Crippen LogP contribution in [0.15, 0.2) is 6.33 Å². The van der Waals surface area contributed by atoms with E-state index < -0.39 is 12.6 Å². The highest BCUT2D eigenvalue weighted by atomic mass is 19.4. The number of hydrogen-bond donors (Lipinski definition) is 1. The average molecular weight is 277 g/mol. The number of anilines is 1. The molecule has 1 aromatic heterocycles. The number of nitrogens with one attached hydrogen (secondary N) is 1. The summed E-state index contributed by atoms with van der Waals surface area (Å²) in [5, 5.41) is 2.92. The van der Waals surface area contributed by atoms with Gasteiger partial charge in [0, 0.05) is 13.5 Å². The summed E-state index contributed by atoms with van der Waals surface area (Å²) in [4.78, 5) is 8.05. The summed E-state index contributed by atoms with van der Waals surface area (Å²) in [7, 11) is 1.72. The van der Waals surface area contributed by atoms with Crippen LogP contribution in [0.1, 0.15) is 38.2 Å². The lowest BCUT2D eigenvalue weighted by atomic mass is 10.1. The fourth-order valence-electron chi connectivity index (χ4n) is 1.66. The number of alkyl halides is 3. The van der Waals surface area contributed by atoms with Crippen molar-refractivity contribution in [3.63, 3.8) is 0 Å². The number of hydrogen-bond acceptors (Lipinski definition) is 4. The maximum Gasteiger partial charge on any atom is 0.389 e. The Morgan fingerprint density at radius 3 is 2.53 bits per heavy atom. The van der Waals surface area contributed by atoms with Gasteiger partial charge < -0.3 is 10.1 Å². The molecule has 108 valence electrons. The first-order valence-corrected chi connectivity index (χ1v) is 6.07. The zero-order valence-electron chi connectivity index (χ0n) is 11.2. The molecule has 0 aliphatic heterocycles. The van der Waals surface area contributed by atoms with Gasteiger partial charge in [0.15, 0.2) is 0 Å². The zero-order valence-corrected chi connectivity index (χ0v) is 11.2. The second-order valence-electron chi connectivity index (χ2n) is 4.41. The quantitative estimate of drug-likeness (QED) is 0.810. The normalized spacial score (nSPS) is 11.7. The Morgan fingerprint density at radius 2 is 2.00 bits per heavy atom. The smallest absolute Gasteiger partial charge is 0.389 e. The van der Waals surface area contributed by atoms with Gasteiger partial charge in [0.2, 0.25) is 5.88 Å². The Hall–Kier alpha value is -1.53. The van der Waals surface area contributed by atoms with Crippen molar-refractivity contribution in [2.75, 3.05) is 19.0 Å². The minimum atomic E-state index is -4.15. The Balaban J connectivity index is 2.68. The van der Waals surface area contributed by atoms with E-state index in [0.29, 0.717) is 11.7 Å². The highest BCUT2D eigenvalue weighted by Gasteiger charge is 2.26. The molecule has 1 heterocycles. The third-order valence-electron chi connectivity index (χ3n) is 2.50. The van der Waals surface area contributed by atoms with E-state index in [2.05, 4.69) is 15.3 Å². The molecule has 0 aliphatic carbocycles. The van der Waals surface area contributed by atoms with Crippen molar-refractivity contribution in [3.8, 4) is 5.88 Å². The molecule has 0 spiro atoms. The topological polar surface area (TPSA) is 47.0 Å². The molecule has 1 N–H and O–H groups in total. The van der Waals surface area contributed by atoms with E-state index in [0.717, 1.165) is 5.56 Å². The number of rotatable bonds is 6. The van der Waals surface area contributed by atoms with E-state index in [1.807, 2.05) is 13.8 Å². The molecule has 0 saturated carbocycles. The second kappa shape index (κ2) is 6.58. The number of aromatic nitrogens is 2. The van der Waals surface area contributed by atoms with Crippen LogP contribution in [0.2, 0.25) is 0 Å². The molecule has 0 amide bonds. The van der Waals surface area contributed by atoms with Crippen molar-refractivity contribution < 1.29 is 17.9 Å². The molecule has 4 nitrogen and oxygen atoms in total. The molecule has 0 radical (unpaired) electrons. The molecule has 1 rings (SSSR count). The minimum absolute atomic E-state index is 0.0145. The Bertz CT molecular complexity index is 408. The van der Waals surface area contributed by atoms with Crippen LogP contribution >= 0.6 is 0 Å². The Labute approximate surface area is 110 Å². The van der Waals surface area contributed by atoms with Crippen LogP contribution in [0, 0.1) is 0 Å². The van der Waals surface area contributed by atoms with Crippen LogP contribution in [-0.2, 0) is 0 Å². The maximum atomic E-state index is 12.0. The number of ether oxygens (including phenoxy) is 1. The Kier molecular flexibility index (Phi) is 5.38. The summed E-state index contributed by atoms with van der Waals surface area (Å²) in [6.45, 7) is 3.88. The van der Waals surface area contributed by atoms with Crippen LogP contribution in [0.3, 0.4) is 0 Å². The van der Waals surface area contributed by atoms with Crippen LogP contribution in [-0.4, -0.2) is 29.8 Å². The lowest BCUT2D eigenvalue weighted by Gasteiger charge is -2.16. The van der Waals surface area contributed by atoms with E-state index in [4.69, 9.17) is 4.74 Å². The van der Waals surface area contributed by atoms with Crippen molar-refractivity contribution in [1.29, 1.82) is 0 Å².